The number of benzene rings is 1. The zero-order chi connectivity index (χ0) is 14.9. The lowest BCUT2D eigenvalue weighted by Gasteiger charge is -2.36. The van der Waals surface area contributed by atoms with E-state index in [4.69, 9.17) is 0 Å². The number of hydrazone groups is 1. The van der Waals surface area contributed by atoms with E-state index in [0.717, 1.165) is 23.3 Å². The van der Waals surface area contributed by atoms with E-state index in [1.807, 2.05) is 26.8 Å². The van der Waals surface area contributed by atoms with Crippen molar-refractivity contribution < 1.29 is 9.18 Å². The molecule has 1 aromatic carbocycles. The van der Waals surface area contributed by atoms with Crippen molar-refractivity contribution in [2.75, 3.05) is 5.32 Å². The number of carbonyl (C=O) groups is 1. The molecule has 20 heavy (non-hydrogen) atoms. The van der Waals surface area contributed by atoms with Crippen LogP contribution in [0.2, 0.25) is 0 Å². The van der Waals surface area contributed by atoms with Crippen LogP contribution in [-0.4, -0.2) is 17.2 Å². The molecule has 0 bridgehead atoms. The summed E-state index contributed by atoms with van der Waals surface area (Å²) in [7, 11) is 0. The maximum Gasteiger partial charge on any atom is 0.236 e. The summed E-state index contributed by atoms with van der Waals surface area (Å²) in [6, 6.07) is 3.31. The van der Waals surface area contributed by atoms with Crippen LogP contribution in [0.1, 0.15) is 38.8 Å². The summed E-state index contributed by atoms with van der Waals surface area (Å²) < 4.78 is 14.0. The van der Waals surface area contributed by atoms with Gasteiger partial charge in [0, 0.05) is 13.3 Å². The lowest BCUT2D eigenvalue weighted by Crippen LogP contribution is -2.46. The number of halogens is 1. The number of carbonyl (C=O) groups excluding carboxylic acids is 1. The van der Waals surface area contributed by atoms with Gasteiger partial charge in [-0.15, -0.1) is 0 Å². The van der Waals surface area contributed by atoms with Crippen molar-refractivity contribution in [3.8, 4) is 0 Å². The van der Waals surface area contributed by atoms with E-state index in [0.29, 0.717) is 12.1 Å². The van der Waals surface area contributed by atoms with E-state index < -0.39 is 5.54 Å². The Morgan fingerprint density at radius 1 is 1.50 bits per heavy atom. The number of fused-ring (bicyclic) bond motifs is 1. The Labute approximate surface area is 118 Å². The third-order valence-corrected chi connectivity index (χ3v) is 3.59. The molecule has 2 N–H and O–H groups in total. The monoisotopic (exact) mass is 277 g/mol. The summed E-state index contributed by atoms with van der Waals surface area (Å²) in [5, 5.41) is 7.37. The molecule has 0 fully saturated rings. The smallest absolute Gasteiger partial charge is 0.236 e. The van der Waals surface area contributed by atoms with Gasteiger partial charge in [0.1, 0.15) is 5.82 Å². The van der Waals surface area contributed by atoms with Crippen molar-refractivity contribution in [2.24, 2.45) is 5.10 Å². The van der Waals surface area contributed by atoms with Crippen LogP contribution in [0.25, 0.3) is 0 Å². The summed E-state index contributed by atoms with van der Waals surface area (Å²) in [6.07, 6.45) is 1.37. The van der Waals surface area contributed by atoms with E-state index >= 15 is 0 Å². The molecule has 1 aliphatic heterocycles. The zero-order valence-electron chi connectivity index (χ0n) is 12.3. The molecule has 5 heteroatoms. The Hall–Kier alpha value is -1.91. The lowest BCUT2D eigenvalue weighted by atomic mass is 9.84. The molecule has 0 unspecified atom stereocenters. The predicted octanol–water partition coefficient (Wildman–Crippen LogP) is 2.63. The molecule has 108 valence electrons. The molecule has 0 radical (unpaired) electrons. The van der Waals surface area contributed by atoms with Gasteiger partial charge in [-0.25, -0.2) is 9.82 Å². The van der Waals surface area contributed by atoms with Gasteiger partial charge in [-0.1, -0.05) is 13.0 Å². The minimum Gasteiger partial charge on any atom is -0.372 e. The Morgan fingerprint density at radius 3 is 2.80 bits per heavy atom. The highest BCUT2D eigenvalue weighted by molar-refractivity contribution is 6.01. The number of nitrogens with zero attached hydrogens (tertiary/aromatic N) is 1. The number of amides is 1. The van der Waals surface area contributed by atoms with Gasteiger partial charge in [-0.05, 0) is 37.5 Å². The van der Waals surface area contributed by atoms with Crippen LogP contribution >= 0.6 is 0 Å². The topological polar surface area (TPSA) is 53.5 Å². The standard InChI is InChI=1S/C15H20FN3O/c1-5-10-6-7-12(16)14-11(10)8-13(15(3,4)17-14)19-18-9(2)20/h6-7,17H,5,8H2,1-4H3,(H,18,20)/b19-13+. The van der Waals surface area contributed by atoms with Crippen LogP contribution in [0.4, 0.5) is 10.1 Å². The molecule has 1 amide bonds. The fraction of sp³-hybridized carbons (Fsp3) is 0.467. The number of anilines is 1. The molecular weight excluding hydrogens is 257 g/mol. The largest absolute Gasteiger partial charge is 0.372 e. The summed E-state index contributed by atoms with van der Waals surface area (Å²) in [5.41, 5.74) is 5.34. The Morgan fingerprint density at radius 2 is 2.20 bits per heavy atom. The molecule has 0 spiro atoms. The highest BCUT2D eigenvalue weighted by Crippen LogP contribution is 2.33. The molecule has 0 aliphatic carbocycles. The van der Waals surface area contributed by atoms with Crippen molar-refractivity contribution in [2.45, 2.75) is 46.1 Å². The maximum absolute atomic E-state index is 14.0. The summed E-state index contributed by atoms with van der Waals surface area (Å²) in [4.78, 5) is 11.0. The first kappa shape index (κ1) is 14.5. The highest BCUT2D eigenvalue weighted by Gasteiger charge is 2.33. The Bertz CT molecular complexity index is 579. The number of aryl methyl sites for hydroxylation is 1. The zero-order valence-corrected chi connectivity index (χ0v) is 12.3. The fourth-order valence-corrected chi connectivity index (χ4v) is 2.43. The molecule has 0 saturated carbocycles. The molecule has 0 saturated heterocycles. The average Bonchev–Trinajstić information content (AvgIpc) is 2.37. The first-order chi connectivity index (χ1) is 9.35. The van der Waals surface area contributed by atoms with Gasteiger partial charge in [0.2, 0.25) is 5.91 Å². The van der Waals surface area contributed by atoms with Crippen LogP contribution in [0.3, 0.4) is 0 Å². The van der Waals surface area contributed by atoms with E-state index in [9.17, 15) is 9.18 Å². The second-order valence-corrected chi connectivity index (χ2v) is 5.57. The molecule has 1 aromatic rings. The third-order valence-electron chi connectivity index (χ3n) is 3.59. The van der Waals surface area contributed by atoms with Gasteiger partial charge in [0.15, 0.2) is 0 Å². The number of nitrogens with one attached hydrogen (secondary N) is 2. The van der Waals surface area contributed by atoms with Gasteiger partial charge in [-0.3, -0.25) is 4.79 Å². The Balaban J connectivity index is 2.47. The van der Waals surface area contributed by atoms with Crippen molar-refractivity contribution in [3.63, 3.8) is 0 Å². The van der Waals surface area contributed by atoms with Crippen LogP contribution in [0.5, 0.6) is 0 Å². The molecule has 0 atom stereocenters. The third kappa shape index (κ3) is 2.66. The maximum atomic E-state index is 14.0. The number of rotatable bonds is 2. The quantitative estimate of drug-likeness (QED) is 0.816. The second-order valence-electron chi connectivity index (χ2n) is 5.57. The minimum absolute atomic E-state index is 0.214. The van der Waals surface area contributed by atoms with Gasteiger partial charge in [0.05, 0.1) is 16.9 Å². The summed E-state index contributed by atoms with van der Waals surface area (Å²) in [5.74, 6) is -0.460. The Kier molecular flexibility index (Phi) is 3.79. The number of hydrogen-bond acceptors (Lipinski definition) is 3. The molecular formula is C15H20FN3O. The minimum atomic E-state index is -0.497. The molecule has 1 aliphatic rings. The van der Waals surface area contributed by atoms with E-state index in [-0.39, 0.29) is 11.7 Å². The fourth-order valence-electron chi connectivity index (χ4n) is 2.43. The van der Waals surface area contributed by atoms with Gasteiger partial charge >= 0.3 is 0 Å². The molecule has 1 heterocycles. The summed E-state index contributed by atoms with van der Waals surface area (Å²) in [6.45, 7) is 7.31. The van der Waals surface area contributed by atoms with E-state index in [2.05, 4.69) is 15.8 Å². The highest BCUT2D eigenvalue weighted by atomic mass is 19.1. The second kappa shape index (κ2) is 5.23. The SMILES string of the molecule is CCc1ccc(F)c2c1C/C(=N\NC(C)=O)C(C)(C)N2. The van der Waals surface area contributed by atoms with Crippen LogP contribution in [0, 0.1) is 5.82 Å². The van der Waals surface area contributed by atoms with Crippen molar-refractivity contribution in [1.29, 1.82) is 0 Å². The van der Waals surface area contributed by atoms with Crippen LogP contribution in [-0.2, 0) is 17.6 Å². The molecule has 0 aromatic heterocycles. The van der Waals surface area contributed by atoms with Crippen molar-refractivity contribution in [1.82, 2.24) is 5.43 Å². The van der Waals surface area contributed by atoms with E-state index in [1.54, 1.807) is 0 Å². The molecule has 4 nitrogen and oxygen atoms in total. The average molecular weight is 277 g/mol. The van der Waals surface area contributed by atoms with Crippen LogP contribution in [0.15, 0.2) is 17.2 Å². The van der Waals surface area contributed by atoms with Crippen molar-refractivity contribution >= 4 is 17.3 Å². The number of hydrogen-bond donors (Lipinski definition) is 2. The lowest BCUT2D eigenvalue weighted by molar-refractivity contribution is -0.118. The first-order valence-electron chi connectivity index (χ1n) is 6.77. The first-order valence-corrected chi connectivity index (χ1v) is 6.77. The van der Waals surface area contributed by atoms with Crippen molar-refractivity contribution in [3.05, 3.63) is 29.1 Å². The molecule has 2 rings (SSSR count). The normalized spacial score (nSPS) is 18.4. The predicted molar refractivity (Wildman–Crippen MR) is 78.4 cm³/mol. The van der Waals surface area contributed by atoms with Crippen LogP contribution < -0.4 is 10.7 Å². The van der Waals surface area contributed by atoms with Gasteiger partial charge in [-0.2, -0.15) is 5.10 Å². The van der Waals surface area contributed by atoms with Gasteiger partial charge < -0.3 is 5.32 Å². The van der Waals surface area contributed by atoms with Gasteiger partial charge in [0.25, 0.3) is 0 Å². The van der Waals surface area contributed by atoms with E-state index in [1.165, 1.54) is 13.0 Å². The summed E-state index contributed by atoms with van der Waals surface area (Å²) >= 11 is 0.